The van der Waals surface area contributed by atoms with E-state index in [1.54, 1.807) is 4.90 Å². The lowest BCUT2D eigenvalue weighted by Gasteiger charge is -2.26. The van der Waals surface area contributed by atoms with Crippen molar-refractivity contribution >= 4 is 17.5 Å². The van der Waals surface area contributed by atoms with Crippen LogP contribution in [0.5, 0.6) is 0 Å². The Labute approximate surface area is 155 Å². The van der Waals surface area contributed by atoms with Gasteiger partial charge >= 0.3 is 0 Å². The van der Waals surface area contributed by atoms with E-state index in [-0.39, 0.29) is 11.8 Å². The second-order valence-corrected chi connectivity index (χ2v) is 7.14. The summed E-state index contributed by atoms with van der Waals surface area (Å²) in [6.45, 7) is 6.98. The fourth-order valence-corrected chi connectivity index (χ4v) is 3.33. The third-order valence-corrected chi connectivity index (χ3v) is 5.00. The zero-order chi connectivity index (χ0) is 18.7. The molecule has 2 aromatic carbocycles. The number of carbonyl (C=O) groups excluding carboxylic acids is 2. The maximum atomic E-state index is 13.1. The number of carbonyl (C=O) groups is 2. The number of anilines is 1. The first-order chi connectivity index (χ1) is 12.5. The SMILES string of the molecule is CCN(C(=O)C1(C(=O)NCc2cccc(C)c2)CC1)c1cccc(C)c1. The number of hydrogen-bond donors (Lipinski definition) is 1. The first kappa shape index (κ1) is 18.2. The Morgan fingerprint density at radius 1 is 1.04 bits per heavy atom. The van der Waals surface area contributed by atoms with Gasteiger partial charge in [-0.1, -0.05) is 42.0 Å². The van der Waals surface area contributed by atoms with Crippen LogP contribution in [0.25, 0.3) is 0 Å². The van der Waals surface area contributed by atoms with Crippen LogP contribution >= 0.6 is 0 Å². The van der Waals surface area contributed by atoms with Crippen LogP contribution in [0.15, 0.2) is 48.5 Å². The van der Waals surface area contributed by atoms with E-state index in [1.807, 2.05) is 69.3 Å². The van der Waals surface area contributed by atoms with E-state index >= 15 is 0 Å². The molecular formula is C22H26N2O2. The normalized spacial score (nSPS) is 14.6. The van der Waals surface area contributed by atoms with Crippen LogP contribution < -0.4 is 10.2 Å². The second kappa shape index (κ2) is 7.32. The Hall–Kier alpha value is -2.62. The maximum absolute atomic E-state index is 13.1. The Bertz CT molecular complexity index is 824. The predicted octanol–water partition coefficient (Wildman–Crippen LogP) is 3.75. The minimum atomic E-state index is -0.899. The molecule has 0 saturated heterocycles. The smallest absolute Gasteiger partial charge is 0.242 e. The lowest BCUT2D eigenvalue weighted by atomic mass is 10.0. The molecule has 1 aliphatic rings. The molecule has 0 radical (unpaired) electrons. The van der Waals surface area contributed by atoms with Crippen LogP contribution in [-0.2, 0) is 16.1 Å². The standard InChI is InChI=1S/C22H26N2O2/c1-4-24(19-10-6-8-17(3)14-19)21(26)22(11-12-22)20(25)23-15-18-9-5-7-16(2)13-18/h5-10,13-14H,4,11-12,15H2,1-3H3,(H,23,25). The third kappa shape index (κ3) is 3.64. The van der Waals surface area contributed by atoms with E-state index in [0.29, 0.717) is 25.9 Å². The molecule has 2 amide bonds. The quantitative estimate of drug-likeness (QED) is 0.807. The average molecular weight is 350 g/mol. The van der Waals surface area contributed by atoms with Crippen LogP contribution in [0.3, 0.4) is 0 Å². The zero-order valence-corrected chi connectivity index (χ0v) is 15.7. The molecule has 0 spiro atoms. The highest BCUT2D eigenvalue weighted by Gasteiger charge is 2.57. The highest BCUT2D eigenvalue weighted by atomic mass is 16.2. The Morgan fingerprint density at radius 3 is 2.27 bits per heavy atom. The van der Waals surface area contributed by atoms with Gasteiger partial charge in [-0.15, -0.1) is 0 Å². The summed E-state index contributed by atoms with van der Waals surface area (Å²) < 4.78 is 0. The molecule has 1 fully saturated rings. The van der Waals surface area contributed by atoms with Gasteiger partial charge < -0.3 is 10.2 Å². The van der Waals surface area contributed by atoms with Gasteiger partial charge in [0, 0.05) is 18.8 Å². The van der Waals surface area contributed by atoms with E-state index in [4.69, 9.17) is 0 Å². The first-order valence-electron chi connectivity index (χ1n) is 9.19. The van der Waals surface area contributed by atoms with Crippen LogP contribution in [-0.4, -0.2) is 18.4 Å². The number of benzene rings is 2. The summed E-state index contributed by atoms with van der Waals surface area (Å²) in [6.07, 6.45) is 1.24. The third-order valence-electron chi connectivity index (χ3n) is 5.00. The van der Waals surface area contributed by atoms with Gasteiger partial charge in [-0.25, -0.2) is 0 Å². The molecule has 0 unspecified atom stereocenters. The summed E-state index contributed by atoms with van der Waals surface area (Å²) in [5, 5.41) is 2.97. The van der Waals surface area contributed by atoms with E-state index in [0.717, 1.165) is 22.4 Å². The van der Waals surface area contributed by atoms with Crippen LogP contribution in [0.1, 0.15) is 36.5 Å². The molecule has 0 aromatic heterocycles. The number of hydrogen-bond acceptors (Lipinski definition) is 2. The van der Waals surface area contributed by atoms with Crippen molar-refractivity contribution in [3.63, 3.8) is 0 Å². The van der Waals surface area contributed by atoms with Gasteiger partial charge in [-0.2, -0.15) is 0 Å². The monoisotopic (exact) mass is 350 g/mol. The molecule has 2 aromatic rings. The van der Waals surface area contributed by atoms with Gasteiger partial charge in [-0.05, 0) is 56.9 Å². The minimum Gasteiger partial charge on any atom is -0.351 e. The molecule has 26 heavy (non-hydrogen) atoms. The summed E-state index contributed by atoms with van der Waals surface area (Å²) in [6, 6.07) is 15.9. The fraction of sp³-hybridized carbons (Fsp3) is 0.364. The van der Waals surface area contributed by atoms with Crippen molar-refractivity contribution in [1.29, 1.82) is 0 Å². The van der Waals surface area contributed by atoms with Crippen molar-refractivity contribution in [3.8, 4) is 0 Å². The number of rotatable bonds is 6. The molecule has 3 rings (SSSR count). The molecule has 4 heteroatoms. The summed E-state index contributed by atoms with van der Waals surface area (Å²) >= 11 is 0. The molecule has 0 aliphatic heterocycles. The Balaban J connectivity index is 1.72. The van der Waals surface area contributed by atoms with Crippen molar-refractivity contribution in [2.75, 3.05) is 11.4 Å². The molecule has 1 aliphatic carbocycles. The lowest BCUT2D eigenvalue weighted by molar-refractivity contribution is -0.135. The largest absolute Gasteiger partial charge is 0.351 e. The molecule has 4 nitrogen and oxygen atoms in total. The van der Waals surface area contributed by atoms with Crippen molar-refractivity contribution in [2.45, 2.75) is 40.2 Å². The van der Waals surface area contributed by atoms with E-state index in [9.17, 15) is 9.59 Å². The minimum absolute atomic E-state index is 0.0904. The Morgan fingerprint density at radius 2 is 1.69 bits per heavy atom. The van der Waals surface area contributed by atoms with Gasteiger partial charge in [-0.3, -0.25) is 9.59 Å². The molecule has 1 N–H and O–H groups in total. The van der Waals surface area contributed by atoms with E-state index < -0.39 is 5.41 Å². The lowest BCUT2D eigenvalue weighted by Crippen LogP contribution is -2.45. The summed E-state index contributed by atoms with van der Waals surface area (Å²) in [5.41, 5.74) is 3.26. The topological polar surface area (TPSA) is 49.4 Å². The number of aryl methyl sites for hydroxylation is 2. The molecule has 136 valence electrons. The molecular weight excluding hydrogens is 324 g/mol. The Kier molecular flexibility index (Phi) is 5.12. The average Bonchev–Trinajstić information content (AvgIpc) is 3.42. The summed E-state index contributed by atoms with van der Waals surface area (Å²) in [5.74, 6) is -0.248. The zero-order valence-electron chi connectivity index (χ0n) is 15.7. The number of nitrogens with zero attached hydrogens (tertiary/aromatic N) is 1. The van der Waals surface area contributed by atoms with Crippen molar-refractivity contribution < 1.29 is 9.59 Å². The second-order valence-electron chi connectivity index (χ2n) is 7.14. The van der Waals surface area contributed by atoms with Gasteiger partial charge in [0.2, 0.25) is 11.8 Å². The predicted molar refractivity (Wildman–Crippen MR) is 104 cm³/mol. The molecule has 0 heterocycles. The molecule has 1 saturated carbocycles. The van der Waals surface area contributed by atoms with Crippen molar-refractivity contribution in [2.24, 2.45) is 5.41 Å². The first-order valence-corrected chi connectivity index (χ1v) is 9.19. The highest BCUT2D eigenvalue weighted by Crippen LogP contribution is 2.48. The van der Waals surface area contributed by atoms with Crippen LogP contribution in [0, 0.1) is 19.3 Å². The van der Waals surface area contributed by atoms with Gasteiger partial charge in [0.25, 0.3) is 0 Å². The van der Waals surface area contributed by atoms with Gasteiger partial charge in [0.05, 0.1) is 0 Å². The van der Waals surface area contributed by atoms with E-state index in [1.165, 1.54) is 0 Å². The molecule has 0 bridgehead atoms. The van der Waals surface area contributed by atoms with Crippen LogP contribution in [0.4, 0.5) is 5.69 Å². The molecule has 0 atom stereocenters. The van der Waals surface area contributed by atoms with Gasteiger partial charge in [0.15, 0.2) is 0 Å². The van der Waals surface area contributed by atoms with E-state index in [2.05, 4.69) is 5.32 Å². The summed E-state index contributed by atoms with van der Waals surface area (Å²) in [4.78, 5) is 27.7. The van der Waals surface area contributed by atoms with Gasteiger partial charge in [0.1, 0.15) is 5.41 Å². The highest BCUT2D eigenvalue weighted by molar-refractivity contribution is 6.14. The fourth-order valence-electron chi connectivity index (χ4n) is 3.33. The van der Waals surface area contributed by atoms with Crippen molar-refractivity contribution in [1.82, 2.24) is 5.32 Å². The van der Waals surface area contributed by atoms with Crippen LogP contribution in [0.2, 0.25) is 0 Å². The number of amides is 2. The summed E-state index contributed by atoms with van der Waals surface area (Å²) in [7, 11) is 0. The van der Waals surface area contributed by atoms with Crippen molar-refractivity contribution in [3.05, 3.63) is 65.2 Å². The maximum Gasteiger partial charge on any atom is 0.242 e. The number of nitrogens with one attached hydrogen (secondary N) is 1.